The maximum Gasteiger partial charge on any atom is 0.164 e. The van der Waals surface area contributed by atoms with E-state index in [1.807, 2.05) is 66.7 Å². The van der Waals surface area contributed by atoms with Gasteiger partial charge in [-0.05, 0) is 68.8 Å². The Kier molecular flexibility index (Phi) is 6.78. The van der Waals surface area contributed by atoms with Crippen LogP contribution in [0.2, 0.25) is 0 Å². The van der Waals surface area contributed by atoms with Crippen LogP contribution >= 0.6 is 0 Å². The average molecular weight is 729 g/mol. The lowest BCUT2D eigenvalue weighted by atomic mass is 9.63. The Balaban J connectivity index is 1.07. The molecule has 0 fully saturated rings. The molecule has 3 heterocycles. The van der Waals surface area contributed by atoms with E-state index in [9.17, 15) is 0 Å². The molecule has 8 aromatic carbocycles. The van der Waals surface area contributed by atoms with Gasteiger partial charge in [0.1, 0.15) is 0 Å². The molecule has 12 rings (SSSR count). The molecule has 1 aromatic heterocycles. The lowest BCUT2D eigenvalue weighted by Gasteiger charge is -2.47. The number of hydrogen-bond donors (Lipinski definition) is 0. The molecular formula is C52H32N4O. The highest BCUT2D eigenvalue weighted by molar-refractivity contribution is 6.01. The molecule has 0 bridgehead atoms. The van der Waals surface area contributed by atoms with Crippen LogP contribution in [-0.4, -0.2) is 15.0 Å². The quantitative estimate of drug-likeness (QED) is 0.181. The lowest BCUT2D eigenvalue weighted by molar-refractivity contribution is 0.473. The second kappa shape index (κ2) is 12.2. The predicted molar refractivity (Wildman–Crippen MR) is 227 cm³/mol. The van der Waals surface area contributed by atoms with E-state index in [0.717, 1.165) is 50.8 Å². The Hall–Kier alpha value is -7.63. The Labute approximate surface area is 330 Å². The van der Waals surface area contributed by atoms with Crippen LogP contribution in [0.5, 0.6) is 11.5 Å². The fourth-order valence-electron chi connectivity index (χ4n) is 9.38. The molecule has 0 saturated carbocycles. The highest BCUT2D eigenvalue weighted by atomic mass is 16.5. The van der Waals surface area contributed by atoms with Crippen LogP contribution in [0.25, 0.3) is 56.4 Å². The van der Waals surface area contributed by atoms with E-state index in [1.165, 1.54) is 38.9 Å². The monoisotopic (exact) mass is 728 g/mol. The van der Waals surface area contributed by atoms with Gasteiger partial charge in [0, 0.05) is 16.7 Å². The number of aromatic nitrogens is 3. The zero-order chi connectivity index (χ0) is 37.5. The van der Waals surface area contributed by atoms with E-state index in [2.05, 4.69) is 132 Å². The van der Waals surface area contributed by atoms with Crippen molar-refractivity contribution in [2.45, 2.75) is 5.41 Å². The predicted octanol–water partition coefficient (Wildman–Crippen LogP) is 12.8. The van der Waals surface area contributed by atoms with Gasteiger partial charge in [0.25, 0.3) is 0 Å². The molecule has 2 aliphatic heterocycles. The van der Waals surface area contributed by atoms with Crippen molar-refractivity contribution < 1.29 is 4.74 Å². The number of para-hydroxylation sites is 4. The van der Waals surface area contributed by atoms with Gasteiger partial charge < -0.3 is 9.64 Å². The summed E-state index contributed by atoms with van der Waals surface area (Å²) < 4.78 is 6.70. The normalized spacial score (nSPS) is 15.2. The van der Waals surface area contributed by atoms with Gasteiger partial charge in [-0.1, -0.05) is 170 Å². The van der Waals surface area contributed by atoms with Crippen LogP contribution < -0.4 is 9.64 Å². The smallest absolute Gasteiger partial charge is 0.164 e. The SMILES string of the molecule is c1ccc(-c2nc(-c3ccccc3)nc(-c3ccc(-c4cccc5c4[C@@]4(c6ccccc6-5)c5ccccc5N5c6ccccc6Oc6cccc4c65)cc3)n2)cc1. The van der Waals surface area contributed by atoms with Gasteiger partial charge in [-0.2, -0.15) is 0 Å². The minimum atomic E-state index is -0.612. The van der Waals surface area contributed by atoms with Crippen LogP contribution in [0.15, 0.2) is 194 Å². The number of hydrogen-bond acceptors (Lipinski definition) is 5. The van der Waals surface area contributed by atoms with Crippen LogP contribution in [0, 0.1) is 0 Å². The minimum Gasteiger partial charge on any atom is -0.453 e. The first-order chi connectivity index (χ1) is 28.3. The molecule has 0 amide bonds. The van der Waals surface area contributed by atoms with E-state index < -0.39 is 5.41 Å². The molecular weight excluding hydrogens is 697 g/mol. The third kappa shape index (κ3) is 4.54. The number of rotatable bonds is 4. The molecule has 3 aliphatic rings. The third-order valence-electron chi connectivity index (χ3n) is 11.7. The van der Waals surface area contributed by atoms with Crippen molar-refractivity contribution in [2.24, 2.45) is 0 Å². The molecule has 266 valence electrons. The summed E-state index contributed by atoms with van der Waals surface area (Å²) in [4.78, 5) is 17.3. The van der Waals surface area contributed by atoms with Crippen molar-refractivity contribution >= 4 is 17.1 Å². The van der Waals surface area contributed by atoms with Crippen molar-refractivity contribution in [3.8, 4) is 67.9 Å². The summed E-state index contributed by atoms with van der Waals surface area (Å²) in [6, 6.07) is 68.5. The number of anilines is 3. The Bertz CT molecular complexity index is 2990. The number of benzene rings is 8. The van der Waals surface area contributed by atoms with Gasteiger partial charge in [-0.15, -0.1) is 0 Å². The molecule has 1 aliphatic carbocycles. The van der Waals surface area contributed by atoms with Crippen molar-refractivity contribution in [2.75, 3.05) is 4.90 Å². The Morgan fingerprint density at radius 2 is 0.842 bits per heavy atom. The number of nitrogens with zero attached hydrogens (tertiary/aromatic N) is 4. The molecule has 5 nitrogen and oxygen atoms in total. The molecule has 1 spiro atoms. The van der Waals surface area contributed by atoms with Crippen molar-refractivity contribution in [1.82, 2.24) is 15.0 Å². The number of fused-ring (bicyclic) bond motifs is 11. The summed E-state index contributed by atoms with van der Waals surface area (Å²) >= 11 is 0. The van der Waals surface area contributed by atoms with E-state index in [0.29, 0.717) is 17.5 Å². The zero-order valence-corrected chi connectivity index (χ0v) is 30.7. The maximum atomic E-state index is 6.70. The Morgan fingerprint density at radius 1 is 0.351 bits per heavy atom. The summed E-state index contributed by atoms with van der Waals surface area (Å²) in [7, 11) is 0. The molecule has 0 saturated heterocycles. The maximum absolute atomic E-state index is 6.70. The van der Waals surface area contributed by atoms with Gasteiger partial charge >= 0.3 is 0 Å². The second-order valence-corrected chi connectivity index (χ2v) is 14.7. The highest BCUT2D eigenvalue weighted by Gasteiger charge is 2.54. The molecule has 57 heavy (non-hydrogen) atoms. The number of ether oxygens (including phenoxy) is 1. The fraction of sp³-hybridized carbons (Fsp3) is 0.0192. The lowest BCUT2D eigenvalue weighted by Crippen LogP contribution is -2.37. The topological polar surface area (TPSA) is 51.1 Å². The first-order valence-electron chi connectivity index (χ1n) is 19.3. The van der Waals surface area contributed by atoms with Crippen molar-refractivity contribution in [3.05, 3.63) is 216 Å². The van der Waals surface area contributed by atoms with Crippen LogP contribution in [0.1, 0.15) is 22.3 Å². The largest absolute Gasteiger partial charge is 0.453 e. The van der Waals surface area contributed by atoms with E-state index in [1.54, 1.807) is 0 Å². The summed E-state index contributed by atoms with van der Waals surface area (Å²) in [6.45, 7) is 0. The third-order valence-corrected chi connectivity index (χ3v) is 11.7. The highest BCUT2D eigenvalue weighted by Crippen LogP contribution is 2.67. The second-order valence-electron chi connectivity index (χ2n) is 14.7. The summed E-state index contributed by atoms with van der Waals surface area (Å²) in [5.74, 6) is 3.63. The molecule has 0 N–H and O–H groups in total. The van der Waals surface area contributed by atoms with Gasteiger partial charge in [0.15, 0.2) is 29.0 Å². The van der Waals surface area contributed by atoms with E-state index in [-0.39, 0.29) is 0 Å². The summed E-state index contributed by atoms with van der Waals surface area (Å²) in [5, 5.41) is 0. The zero-order valence-electron chi connectivity index (χ0n) is 30.7. The first kappa shape index (κ1) is 31.7. The van der Waals surface area contributed by atoms with Crippen molar-refractivity contribution in [1.29, 1.82) is 0 Å². The van der Waals surface area contributed by atoms with Gasteiger partial charge in [0.05, 0.1) is 22.5 Å². The molecule has 1 atom stereocenters. The van der Waals surface area contributed by atoms with Crippen molar-refractivity contribution in [3.63, 3.8) is 0 Å². The van der Waals surface area contributed by atoms with E-state index in [4.69, 9.17) is 19.7 Å². The van der Waals surface area contributed by atoms with Gasteiger partial charge in [-0.25, -0.2) is 15.0 Å². The fourth-order valence-corrected chi connectivity index (χ4v) is 9.38. The Morgan fingerprint density at radius 3 is 1.56 bits per heavy atom. The molecule has 9 aromatic rings. The molecule has 0 unspecified atom stereocenters. The van der Waals surface area contributed by atoms with Crippen LogP contribution in [0.3, 0.4) is 0 Å². The standard InChI is InChI=1S/C52H32N4O/c1-3-15-34(16-4-1)49-53-50(35-17-5-2-6-18-35)55-51(54-49)36-31-29-33(30-32-36)37-20-13-21-39-38-19-7-8-22-40(38)52(47(37)39)41-23-9-10-25-43(41)56-44-26-11-12-27-45(44)57-46-28-14-24-42(52)48(46)56/h1-32H/t52-/m0/s1. The summed E-state index contributed by atoms with van der Waals surface area (Å²) in [5.41, 5.74) is 15.3. The van der Waals surface area contributed by atoms with Gasteiger partial charge in [-0.3, -0.25) is 0 Å². The van der Waals surface area contributed by atoms with Gasteiger partial charge in [0.2, 0.25) is 0 Å². The molecule has 0 radical (unpaired) electrons. The molecule has 5 heteroatoms. The average Bonchev–Trinajstić information content (AvgIpc) is 3.59. The summed E-state index contributed by atoms with van der Waals surface area (Å²) in [6.07, 6.45) is 0. The van der Waals surface area contributed by atoms with Crippen LogP contribution in [-0.2, 0) is 5.41 Å². The van der Waals surface area contributed by atoms with E-state index >= 15 is 0 Å². The minimum absolute atomic E-state index is 0.612. The van der Waals surface area contributed by atoms with Crippen LogP contribution in [0.4, 0.5) is 17.1 Å². The first-order valence-corrected chi connectivity index (χ1v) is 19.3.